The molecule has 2 rings (SSSR count). The summed E-state index contributed by atoms with van der Waals surface area (Å²) in [5, 5.41) is 0. The van der Waals surface area contributed by atoms with Gasteiger partial charge in [-0.15, -0.1) is 0 Å². The summed E-state index contributed by atoms with van der Waals surface area (Å²) in [6.45, 7) is 0.498. The number of hydrogen-bond donors (Lipinski definition) is 0. The molecule has 0 saturated heterocycles. The lowest BCUT2D eigenvalue weighted by Crippen LogP contribution is -2.03. The maximum absolute atomic E-state index is 11.8. The third-order valence-corrected chi connectivity index (χ3v) is 3.08. The predicted molar refractivity (Wildman–Crippen MR) is 84.2 cm³/mol. The van der Waals surface area contributed by atoms with Gasteiger partial charge in [0.25, 0.3) is 0 Å². The second kappa shape index (κ2) is 8.74. The zero-order chi connectivity index (χ0) is 15.8. The highest BCUT2D eigenvalue weighted by Gasteiger charge is 2.05. The van der Waals surface area contributed by atoms with E-state index in [1.54, 1.807) is 30.3 Å². The molecule has 0 atom stereocenters. The van der Waals surface area contributed by atoms with E-state index >= 15 is 0 Å². The molecule has 0 aliphatic rings. The molecule has 0 radical (unpaired) electrons. The summed E-state index contributed by atoms with van der Waals surface area (Å²) < 4.78 is 13.0. The Labute approximate surface area is 138 Å². The van der Waals surface area contributed by atoms with Crippen LogP contribution >= 0.6 is 31.9 Å². The second-order valence-electron chi connectivity index (χ2n) is 3.80. The Hall–Kier alpha value is -1.47. The zero-order valence-electron chi connectivity index (χ0n) is 11.0. The fourth-order valence-corrected chi connectivity index (χ4v) is 1.92. The van der Waals surface area contributed by atoms with E-state index in [4.69, 9.17) is 0 Å². The Balaban J connectivity index is 0.000000211. The normalized spacial score (nSPS) is 9.52. The summed E-state index contributed by atoms with van der Waals surface area (Å²) in [5.74, 6) is -0.604. The Morgan fingerprint density at radius 3 is 1.86 bits per heavy atom. The van der Waals surface area contributed by atoms with Crippen LogP contribution in [0.25, 0.3) is 0 Å². The highest BCUT2D eigenvalue weighted by Crippen LogP contribution is 2.07. The Bertz CT molecular complexity index is 650. The van der Waals surface area contributed by atoms with Crippen molar-refractivity contribution in [2.45, 2.75) is 6.92 Å². The number of hydrogen-bond acceptors (Lipinski definition) is 4. The maximum atomic E-state index is 11.8. The number of pyridine rings is 2. The van der Waals surface area contributed by atoms with Crippen molar-refractivity contribution in [3.8, 4) is 0 Å². The smallest absolute Gasteiger partial charge is 0.212 e. The first-order valence-corrected chi connectivity index (χ1v) is 7.38. The molecule has 0 aromatic carbocycles. The minimum Gasteiger partial charge on any atom is -0.293 e. The SMILES string of the molecule is CC(=O)c1cccc(Br)n1.O=C(CF)c1cccc(Br)n1. The van der Waals surface area contributed by atoms with Gasteiger partial charge < -0.3 is 0 Å². The highest BCUT2D eigenvalue weighted by molar-refractivity contribution is 9.10. The topological polar surface area (TPSA) is 59.9 Å². The van der Waals surface area contributed by atoms with Crippen molar-refractivity contribution >= 4 is 43.4 Å². The lowest BCUT2D eigenvalue weighted by molar-refractivity contribution is 0.0952. The first-order valence-electron chi connectivity index (χ1n) is 5.79. The van der Waals surface area contributed by atoms with Gasteiger partial charge in [-0.25, -0.2) is 14.4 Å². The predicted octanol–water partition coefficient (Wildman–Crippen LogP) is 4.04. The number of rotatable bonds is 3. The summed E-state index contributed by atoms with van der Waals surface area (Å²) in [4.78, 5) is 29.1. The van der Waals surface area contributed by atoms with Crippen LogP contribution in [-0.4, -0.2) is 28.2 Å². The van der Waals surface area contributed by atoms with E-state index in [0.29, 0.717) is 14.9 Å². The van der Waals surface area contributed by atoms with E-state index in [2.05, 4.69) is 41.8 Å². The third-order valence-electron chi connectivity index (χ3n) is 2.20. The van der Waals surface area contributed by atoms with Crippen molar-refractivity contribution in [2.24, 2.45) is 0 Å². The molecule has 0 N–H and O–H groups in total. The van der Waals surface area contributed by atoms with Gasteiger partial charge in [0.15, 0.2) is 12.5 Å². The molecule has 4 nitrogen and oxygen atoms in total. The number of alkyl halides is 1. The Morgan fingerprint density at radius 2 is 1.48 bits per heavy atom. The molecule has 21 heavy (non-hydrogen) atoms. The molecular weight excluding hydrogens is 407 g/mol. The largest absolute Gasteiger partial charge is 0.293 e. The average molecular weight is 418 g/mol. The third kappa shape index (κ3) is 6.22. The first kappa shape index (κ1) is 17.6. The number of aromatic nitrogens is 2. The molecule has 0 spiro atoms. The summed E-state index contributed by atoms with van der Waals surface area (Å²) >= 11 is 6.24. The maximum Gasteiger partial charge on any atom is 0.212 e. The molecule has 0 fully saturated rings. The molecule has 2 aromatic heterocycles. The molecule has 0 aliphatic carbocycles. The van der Waals surface area contributed by atoms with Crippen LogP contribution in [0.2, 0.25) is 0 Å². The minimum atomic E-state index is -0.997. The van der Waals surface area contributed by atoms with Crippen LogP contribution in [0.1, 0.15) is 27.9 Å². The molecular formula is C14H11Br2FN2O2. The monoisotopic (exact) mass is 416 g/mol. The Kier molecular flexibility index (Phi) is 7.31. The van der Waals surface area contributed by atoms with Crippen molar-refractivity contribution in [3.05, 3.63) is 57.0 Å². The van der Waals surface area contributed by atoms with Crippen molar-refractivity contribution in [1.29, 1.82) is 0 Å². The van der Waals surface area contributed by atoms with Gasteiger partial charge in [-0.05, 0) is 56.1 Å². The van der Waals surface area contributed by atoms with Crippen molar-refractivity contribution in [3.63, 3.8) is 0 Å². The van der Waals surface area contributed by atoms with Crippen LogP contribution < -0.4 is 0 Å². The molecule has 0 bridgehead atoms. The van der Waals surface area contributed by atoms with Gasteiger partial charge in [0.1, 0.15) is 20.6 Å². The van der Waals surface area contributed by atoms with Crippen LogP contribution in [0.3, 0.4) is 0 Å². The van der Waals surface area contributed by atoms with E-state index in [9.17, 15) is 14.0 Å². The van der Waals surface area contributed by atoms with Crippen molar-refractivity contribution < 1.29 is 14.0 Å². The van der Waals surface area contributed by atoms with Crippen LogP contribution in [0.5, 0.6) is 0 Å². The molecule has 7 heteroatoms. The summed E-state index contributed by atoms with van der Waals surface area (Å²) in [6.07, 6.45) is 0. The van der Waals surface area contributed by atoms with Gasteiger partial charge in [0.2, 0.25) is 5.78 Å². The van der Waals surface area contributed by atoms with E-state index in [1.807, 2.05) is 0 Å². The average Bonchev–Trinajstić information content (AvgIpc) is 2.47. The fourth-order valence-electron chi connectivity index (χ4n) is 1.24. The molecule has 0 amide bonds. The molecule has 0 unspecified atom stereocenters. The number of halogens is 3. The molecule has 0 aliphatic heterocycles. The lowest BCUT2D eigenvalue weighted by atomic mass is 10.3. The van der Waals surface area contributed by atoms with Crippen molar-refractivity contribution in [2.75, 3.05) is 6.67 Å². The molecule has 110 valence electrons. The minimum absolute atomic E-state index is 0.0127. The first-order chi connectivity index (χ1) is 9.93. The van der Waals surface area contributed by atoms with Gasteiger partial charge in [-0.3, -0.25) is 9.59 Å². The summed E-state index contributed by atoms with van der Waals surface area (Å²) in [6, 6.07) is 10.1. The van der Waals surface area contributed by atoms with Crippen LogP contribution in [0, 0.1) is 0 Å². The number of carbonyl (C=O) groups is 2. The van der Waals surface area contributed by atoms with Gasteiger partial charge in [-0.2, -0.15) is 0 Å². The molecule has 2 heterocycles. The quantitative estimate of drug-likeness (QED) is 0.558. The lowest BCUT2D eigenvalue weighted by Gasteiger charge is -1.94. The van der Waals surface area contributed by atoms with E-state index in [1.165, 1.54) is 13.0 Å². The molecule has 0 saturated carbocycles. The van der Waals surface area contributed by atoms with Gasteiger partial charge in [0.05, 0.1) is 0 Å². The van der Waals surface area contributed by atoms with E-state index in [-0.39, 0.29) is 11.5 Å². The standard InChI is InChI=1S/C7H5BrFNO.C7H6BrNO/c8-7-3-1-2-5(10-7)6(11)4-9;1-5(10)6-3-2-4-7(8)9-6/h1-3H,4H2;2-4H,1H3. The number of Topliss-reactive ketones (excluding diaryl/α,β-unsaturated/α-hetero) is 2. The summed E-state index contributed by atoms with van der Waals surface area (Å²) in [5.41, 5.74) is 0.649. The van der Waals surface area contributed by atoms with Gasteiger partial charge in [0, 0.05) is 6.92 Å². The van der Waals surface area contributed by atoms with E-state index < -0.39 is 12.5 Å². The highest BCUT2D eigenvalue weighted by atomic mass is 79.9. The zero-order valence-corrected chi connectivity index (χ0v) is 14.2. The van der Waals surface area contributed by atoms with Crippen LogP contribution in [0.15, 0.2) is 45.6 Å². The van der Waals surface area contributed by atoms with Crippen molar-refractivity contribution in [1.82, 2.24) is 9.97 Å². The number of ketones is 2. The van der Waals surface area contributed by atoms with Gasteiger partial charge >= 0.3 is 0 Å². The fraction of sp³-hybridized carbons (Fsp3) is 0.143. The summed E-state index contributed by atoms with van der Waals surface area (Å²) in [7, 11) is 0. The Morgan fingerprint density at radius 1 is 1.00 bits per heavy atom. The number of carbonyl (C=O) groups excluding carboxylic acids is 2. The number of nitrogens with zero attached hydrogens (tertiary/aromatic N) is 2. The van der Waals surface area contributed by atoms with Gasteiger partial charge in [-0.1, -0.05) is 12.1 Å². The van der Waals surface area contributed by atoms with E-state index in [0.717, 1.165) is 0 Å². The van der Waals surface area contributed by atoms with Crippen LogP contribution in [0.4, 0.5) is 4.39 Å². The molecule has 2 aromatic rings. The van der Waals surface area contributed by atoms with Crippen LogP contribution in [-0.2, 0) is 0 Å². The second-order valence-corrected chi connectivity index (χ2v) is 5.43.